The lowest BCUT2D eigenvalue weighted by atomic mass is 9.90. The van der Waals surface area contributed by atoms with Crippen LogP contribution in [0.2, 0.25) is 0 Å². The molecular formula is C19H23N5O. The summed E-state index contributed by atoms with van der Waals surface area (Å²) in [6.45, 7) is 4.05. The Balaban J connectivity index is 1.38. The van der Waals surface area contributed by atoms with Crippen molar-refractivity contribution < 1.29 is 5.11 Å². The lowest BCUT2D eigenvalue weighted by molar-refractivity contribution is 0.270. The molecule has 6 nitrogen and oxygen atoms in total. The molecule has 4 rings (SSSR count). The number of piperidine rings is 1. The molecule has 1 aromatic heterocycles. The van der Waals surface area contributed by atoms with Crippen LogP contribution in [0.1, 0.15) is 35.6 Å². The first-order valence-corrected chi connectivity index (χ1v) is 8.80. The van der Waals surface area contributed by atoms with Gasteiger partial charge in [0.15, 0.2) is 0 Å². The Labute approximate surface area is 147 Å². The number of fused-ring (bicyclic) bond motifs is 1. The van der Waals surface area contributed by atoms with Gasteiger partial charge < -0.3 is 10.0 Å². The molecule has 0 aliphatic carbocycles. The van der Waals surface area contributed by atoms with Crippen molar-refractivity contribution in [3.8, 4) is 5.75 Å². The SMILES string of the molecule is N=C(CN1Cc2cncnc2C1)N1CCC[C@H](c2cccc(O)c2)C1. The van der Waals surface area contributed by atoms with Crippen LogP contribution in [-0.2, 0) is 13.1 Å². The molecule has 25 heavy (non-hydrogen) atoms. The minimum atomic E-state index is 0.320. The van der Waals surface area contributed by atoms with Crippen LogP contribution in [-0.4, -0.2) is 50.3 Å². The lowest BCUT2D eigenvalue weighted by Gasteiger charge is -2.35. The summed E-state index contributed by atoms with van der Waals surface area (Å²) in [6, 6.07) is 7.54. The summed E-state index contributed by atoms with van der Waals surface area (Å²) in [5.41, 5.74) is 3.42. The minimum Gasteiger partial charge on any atom is -0.508 e. The third-order valence-electron chi connectivity index (χ3n) is 5.17. The highest BCUT2D eigenvalue weighted by atomic mass is 16.3. The third kappa shape index (κ3) is 3.49. The van der Waals surface area contributed by atoms with E-state index in [-0.39, 0.29) is 0 Å². The third-order valence-corrected chi connectivity index (χ3v) is 5.17. The van der Waals surface area contributed by atoms with Crippen LogP contribution in [0, 0.1) is 5.41 Å². The highest BCUT2D eigenvalue weighted by Gasteiger charge is 2.26. The molecule has 0 bridgehead atoms. The predicted octanol–water partition coefficient (Wildman–Crippen LogP) is 2.35. The van der Waals surface area contributed by atoms with E-state index in [0.29, 0.717) is 24.0 Å². The van der Waals surface area contributed by atoms with Crippen LogP contribution in [0.3, 0.4) is 0 Å². The Bertz CT molecular complexity index is 753. The van der Waals surface area contributed by atoms with Crippen LogP contribution >= 0.6 is 0 Å². The molecule has 2 N–H and O–H groups in total. The standard InChI is InChI=1S/C19H23N5O/c20-19(12-23-9-16-8-21-13-22-18(16)11-23)24-6-2-4-15(10-24)14-3-1-5-17(25)7-14/h1,3,5,7-8,13,15,20,25H,2,4,6,9-12H2/t15-/m0/s1. The molecule has 0 amide bonds. The highest BCUT2D eigenvalue weighted by molar-refractivity contribution is 5.81. The topological polar surface area (TPSA) is 76.3 Å². The van der Waals surface area contributed by atoms with Gasteiger partial charge in [0, 0.05) is 43.9 Å². The van der Waals surface area contributed by atoms with Gasteiger partial charge in [0.1, 0.15) is 17.9 Å². The highest BCUT2D eigenvalue weighted by Crippen LogP contribution is 2.29. The second-order valence-electron chi connectivity index (χ2n) is 6.97. The van der Waals surface area contributed by atoms with Gasteiger partial charge in [-0.2, -0.15) is 0 Å². The summed E-state index contributed by atoms with van der Waals surface area (Å²) in [6.07, 6.45) is 5.66. The second-order valence-corrected chi connectivity index (χ2v) is 6.97. The zero-order chi connectivity index (χ0) is 17.2. The number of phenols is 1. The summed E-state index contributed by atoms with van der Waals surface area (Å²) < 4.78 is 0. The zero-order valence-electron chi connectivity index (χ0n) is 14.2. The van der Waals surface area contributed by atoms with Gasteiger partial charge in [-0.1, -0.05) is 12.1 Å². The van der Waals surface area contributed by atoms with Crippen molar-refractivity contribution in [3.63, 3.8) is 0 Å². The number of phenolic OH excluding ortho intramolecular Hbond substituents is 1. The average Bonchev–Trinajstić information content (AvgIpc) is 3.04. The summed E-state index contributed by atoms with van der Waals surface area (Å²) in [7, 11) is 0. The summed E-state index contributed by atoms with van der Waals surface area (Å²) in [5.74, 6) is 1.37. The van der Waals surface area contributed by atoms with E-state index in [1.165, 1.54) is 11.1 Å². The normalized spacial score (nSPS) is 20.5. The van der Waals surface area contributed by atoms with Crippen LogP contribution in [0.25, 0.3) is 0 Å². The minimum absolute atomic E-state index is 0.320. The van der Waals surface area contributed by atoms with Gasteiger partial charge in [0.05, 0.1) is 12.2 Å². The number of hydrogen-bond donors (Lipinski definition) is 2. The average molecular weight is 337 g/mol. The van der Waals surface area contributed by atoms with E-state index in [9.17, 15) is 5.11 Å². The second kappa shape index (κ2) is 6.80. The molecule has 3 heterocycles. The summed E-state index contributed by atoms with van der Waals surface area (Å²) >= 11 is 0. The quantitative estimate of drug-likeness (QED) is 0.664. The Morgan fingerprint density at radius 1 is 1.32 bits per heavy atom. The number of nitrogens with one attached hydrogen (secondary N) is 1. The lowest BCUT2D eigenvalue weighted by Crippen LogP contribution is -2.43. The van der Waals surface area contributed by atoms with Crippen molar-refractivity contribution in [2.24, 2.45) is 0 Å². The first-order valence-electron chi connectivity index (χ1n) is 8.80. The molecule has 1 saturated heterocycles. The molecular weight excluding hydrogens is 314 g/mol. The Morgan fingerprint density at radius 2 is 2.24 bits per heavy atom. The Kier molecular flexibility index (Phi) is 4.36. The molecule has 0 unspecified atom stereocenters. The predicted molar refractivity (Wildman–Crippen MR) is 95.5 cm³/mol. The van der Waals surface area contributed by atoms with Crippen molar-refractivity contribution in [1.82, 2.24) is 19.8 Å². The molecule has 1 fully saturated rings. The van der Waals surface area contributed by atoms with Crippen molar-refractivity contribution in [1.29, 1.82) is 5.41 Å². The summed E-state index contributed by atoms with van der Waals surface area (Å²) in [5, 5.41) is 18.3. The molecule has 2 aliphatic rings. The fourth-order valence-electron chi connectivity index (χ4n) is 3.86. The van der Waals surface area contributed by atoms with E-state index in [0.717, 1.165) is 44.7 Å². The maximum Gasteiger partial charge on any atom is 0.115 e. The van der Waals surface area contributed by atoms with Gasteiger partial charge >= 0.3 is 0 Å². The fourth-order valence-corrected chi connectivity index (χ4v) is 3.86. The maximum atomic E-state index is 9.72. The molecule has 6 heteroatoms. The van der Waals surface area contributed by atoms with Crippen molar-refractivity contribution in [2.45, 2.75) is 31.8 Å². The summed E-state index contributed by atoms with van der Waals surface area (Å²) in [4.78, 5) is 12.9. The fraction of sp³-hybridized carbons (Fsp3) is 0.421. The van der Waals surface area contributed by atoms with Gasteiger partial charge in [-0.15, -0.1) is 0 Å². The van der Waals surface area contributed by atoms with E-state index < -0.39 is 0 Å². The zero-order valence-corrected chi connectivity index (χ0v) is 14.2. The molecule has 1 atom stereocenters. The first-order chi connectivity index (χ1) is 12.2. The maximum absolute atomic E-state index is 9.72. The van der Waals surface area contributed by atoms with E-state index in [1.54, 1.807) is 12.4 Å². The number of nitrogens with zero attached hydrogens (tertiary/aromatic N) is 4. The van der Waals surface area contributed by atoms with Gasteiger partial charge in [0.2, 0.25) is 0 Å². The Hall–Kier alpha value is -2.47. The first kappa shape index (κ1) is 16.0. The largest absolute Gasteiger partial charge is 0.508 e. The van der Waals surface area contributed by atoms with Crippen molar-refractivity contribution in [2.75, 3.05) is 19.6 Å². The van der Waals surface area contributed by atoms with Crippen LogP contribution in [0.4, 0.5) is 0 Å². The van der Waals surface area contributed by atoms with E-state index >= 15 is 0 Å². The van der Waals surface area contributed by atoms with E-state index in [4.69, 9.17) is 5.41 Å². The molecule has 1 aromatic carbocycles. The number of aromatic hydroxyl groups is 1. The number of aromatic nitrogens is 2. The number of likely N-dealkylation sites (tertiary alicyclic amines) is 1. The molecule has 130 valence electrons. The smallest absolute Gasteiger partial charge is 0.115 e. The van der Waals surface area contributed by atoms with Crippen molar-refractivity contribution in [3.05, 3.63) is 53.6 Å². The van der Waals surface area contributed by atoms with Gasteiger partial charge in [-0.05, 0) is 30.5 Å². The number of amidine groups is 1. The number of rotatable bonds is 3. The van der Waals surface area contributed by atoms with Crippen LogP contribution in [0.5, 0.6) is 5.75 Å². The van der Waals surface area contributed by atoms with E-state index in [1.807, 2.05) is 18.3 Å². The molecule has 0 radical (unpaired) electrons. The monoisotopic (exact) mass is 337 g/mol. The van der Waals surface area contributed by atoms with Crippen molar-refractivity contribution >= 4 is 5.84 Å². The number of hydrogen-bond acceptors (Lipinski definition) is 5. The molecule has 2 aromatic rings. The molecule has 0 spiro atoms. The molecule has 2 aliphatic heterocycles. The van der Waals surface area contributed by atoms with E-state index in [2.05, 4.69) is 25.8 Å². The van der Waals surface area contributed by atoms with Gasteiger partial charge in [-0.25, -0.2) is 9.97 Å². The van der Waals surface area contributed by atoms with Crippen LogP contribution < -0.4 is 0 Å². The molecule has 0 saturated carbocycles. The number of benzene rings is 1. The van der Waals surface area contributed by atoms with Gasteiger partial charge in [0.25, 0.3) is 0 Å². The van der Waals surface area contributed by atoms with Gasteiger partial charge in [-0.3, -0.25) is 10.3 Å². The Morgan fingerprint density at radius 3 is 3.08 bits per heavy atom. The van der Waals surface area contributed by atoms with Crippen LogP contribution in [0.15, 0.2) is 36.8 Å².